The summed E-state index contributed by atoms with van der Waals surface area (Å²) in [6.07, 6.45) is 3.45. The van der Waals surface area contributed by atoms with E-state index in [-0.39, 0.29) is 6.10 Å². The summed E-state index contributed by atoms with van der Waals surface area (Å²) in [6.45, 7) is 0.800. The highest BCUT2D eigenvalue weighted by Crippen LogP contribution is 2.30. The molecule has 18 heavy (non-hydrogen) atoms. The lowest BCUT2D eigenvalue weighted by atomic mass is 10.2. The second-order valence-electron chi connectivity index (χ2n) is 4.75. The number of rotatable bonds is 2. The van der Waals surface area contributed by atoms with Crippen molar-refractivity contribution in [3.8, 4) is 0 Å². The molecule has 96 valence electrons. The van der Waals surface area contributed by atoms with Crippen LogP contribution in [0.2, 0.25) is 0 Å². The Balaban J connectivity index is 2.06. The van der Waals surface area contributed by atoms with Crippen LogP contribution < -0.4 is 0 Å². The van der Waals surface area contributed by atoms with Crippen molar-refractivity contribution >= 4 is 20.7 Å². The third kappa shape index (κ3) is 2.04. The summed E-state index contributed by atoms with van der Waals surface area (Å²) in [5, 5.41) is 0.920. The SMILES string of the molecule is CS(=O)(=O)c1ccc2[nH]c(C3CCCO3)cc2c1. The molecule has 0 bridgehead atoms. The number of fused-ring (bicyclic) bond motifs is 1. The number of benzene rings is 1. The summed E-state index contributed by atoms with van der Waals surface area (Å²) in [6, 6.07) is 7.14. The van der Waals surface area contributed by atoms with Gasteiger partial charge in [0.05, 0.1) is 11.0 Å². The second-order valence-corrected chi connectivity index (χ2v) is 6.76. The van der Waals surface area contributed by atoms with Gasteiger partial charge in [0.1, 0.15) is 0 Å². The highest BCUT2D eigenvalue weighted by Gasteiger charge is 2.19. The van der Waals surface area contributed by atoms with E-state index in [0.29, 0.717) is 4.90 Å². The molecule has 5 heteroatoms. The van der Waals surface area contributed by atoms with E-state index in [1.54, 1.807) is 12.1 Å². The van der Waals surface area contributed by atoms with Gasteiger partial charge in [-0.25, -0.2) is 8.42 Å². The molecule has 1 aliphatic rings. The molecule has 0 saturated carbocycles. The number of H-pyrrole nitrogens is 1. The molecular formula is C13H15NO3S. The van der Waals surface area contributed by atoms with Gasteiger partial charge in [-0.3, -0.25) is 0 Å². The second kappa shape index (κ2) is 4.10. The average molecular weight is 265 g/mol. The highest BCUT2D eigenvalue weighted by atomic mass is 32.2. The van der Waals surface area contributed by atoms with Crippen molar-refractivity contribution in [2.75, 3.05) is 12.9 Å². The Hall–Kier alpha value is -1.33. The lowest BCUT2D eigenvalue weighted by Gasteiger charge is -2.05. The number of aromatic amines is 1. The smallest absolute Gasteiger partial charge is 0.175 e. The van der Waals surface area contributed by atoms with E-state index < -0.39 is 9.84 Å². The first kappa shape index (κ1) is 11.7. The fourth-order valence-corrected chi connectivity index (χ4v) is 3.02. The number of hydrogen-bond donors (Lipinski definition) is 1. The van der Waals surface area contributed by atoms with E-state index in [0.717, 1.165) is 36.0 Å². The van der Waals surface area contributed by atoms with Gasteiger partial charge >= 0.3 is 0 Å². The van der Waals surface area contributed by atoms with E-state index in [4.69, 9.17) is 4.74 Å². The molecule has 1 aromatic carbocycles. The average Bonchev–Trinajstić information content (AvgIpc) is 2.95. The van der Waals surface area contributed by atoms with Crippen molar-refractivity contribution in [3.63, 3.8) is 0 Å². The van der Waals surface area contributed by atoms with Gasteiger partial charge in [-0.05, 0) is 37.1 Å². The third-order valence-electron chi connectivity index (χ3n) is 3.32. The van der Waals surface area contributed by atoms with Crippen molar-refractivity contribution < 1.29 is 13.2 Å². The topological polar surface area (TPSA) is 59.2 Å². The zero-order valence-corrected chi connectivity index (χ0v) is 11.0. The van der Waals surface area contributed by atoms with E-state index in [1.165, 1.54) is 6.26 Å². The first-order valence-corrected chi connectivity index (χ1v) is 7.87. The Morgan fingerprint density at radius 1 is 1.33 bits per heavy atom. The van der Waals surface area contributed by atoms with E-state index in [1.807, 2.05) is 12.1 Å². The fourth-order valence-electron chi connectivity index (χ4n) is 2.36. The number of aromatic nitrogens is 1. The first-order chi connectivity index (χ1) is 8.54. The van der Waals surface area contributed by atoms with Gasteiger partial charge in [0.25, 0.3) is 0 Å². The van der Waals surface area contributed by atoms with Gasteiger partial charge in [0, 0.05) is 29.5 Å². The standard InChI is InChI=1S/C13H15NO3S/c1-18(15,16)10-4-5-11-9(7-10)8-12(14-11)13-3-2-6-17-13/h4-5,7-8,13-14H,2-3,6H2,1H3. The zero-order valence-electron chi connectivity index (χ0n) is 10.1. The zero-order chi connectivity index (χ0) is 12.8. The molecule has 0 spiro atoms. The molecule has 0 aliphatic carbocycles. The number of hydrogen-bond acceptors (Lipinski definition) is 3. The van der Waals surface area contributed by atoms with Crippen molar-refractivity contribution in [1.29, 1.82) is 0 Å². The minimum atomic E-state index is -3.15. The maximum atomic E-state index is 11.5. The molecule has 2 heterocycles. The lowest BCUT2D eigenvalue weighted by molar-refractivity contribution is 0.109. The predicted octanol–water partition coefficient (Wildman–Crippen LogP) is 2.42. The van der Waals surface area contributed by atoms with Crippen LogP contribution in [0.5, 0.6) is 0 Å². The summed E-state index contributed by atoms with van der Waals surface area (Å²) >= 11 is 0. The number of nitrogens with one attached hydrogen (secondary N) is 1. The number of sulfone groups is 1. The Bertz CT molecular complexity index is 681. The monoisotopic (exact) mass is 265 g/mol. The Morgan fingerprint density at radius 3 is 2.83 bits per heavy atom. The quantitative estimate of drug-likeness (QED) is 0.907. The highest BCUT2D eigenvalue weighted by molar-refractivity contribution is 7.90. The summed E-state index contributed by atoms with van der Waals surface area (Å²) in [7, 11) is -3.15. The summed E-state index contributed by atoms with van der Waals surface area (Å²) in [5.74, 6) is 0. The molecule has 1 unspecified atom stereocenters. The molecule has 2 aromatic rings. The van der Waals surface area contributed by atoms with Gasteiger partial charge in [-0.2, -0.15) is 0 Å². The Labute approximate surface area is 106 Å². The fraction of sp³-hybridized carbons (Fsp3) is 0.385. The minimum absolute atomic E-state index is 0.124. The molecule has 4 nitrogen and oxygen atoms in total. The van der Waals surface area contributed by atoms with Gasteiger partial charge in [-0.1, -0.05) is 0 Å². The van der Waals surface area contributed by atoms with Crippen LogP contribution in [-0.2, 0) is 14.6 Å². The van der Waals surface area contributed by atoms with Crippen LogP contribution in [0.3, 0.4) is 0 Å². The van der Waals surface area contributed by atoms with Crippen molar-refractivity contribution in [3.05, 3.63) is 30.0 Å². The van der Waals surface area contributed by atoms with Gasteiger partial charge in [-0.15, -0.1) is 0 Å². The van der Waals surface area contributed by atoms with Crippen LogP contribution >= 0.6 is 0 Å². The van der Waals surface area contributed by atoms with Gasteiger partial charge < -0.3 is 9.72 Å². The van der Waals surface area contributed by atoms with Crippen molar-refractivity contribution in [2.45, 2.75) is 23.8 Å². The van der Waals surface area contributed by atoms with Crippen molar-refractivity contribution in [2.24, 2.45) is 0 Å². The molecular weight excluding hydrogens is 250 g/mol. The molecule has 1 atom stereocenters. The predicted molar refractivity (Wildman–Crippen MR) is 69.3 cm³/mol. The molecule has 0 amide bonds. The summed E-state index contributed by atoms with van der Waals surface area (Å²) in [4.78, 5) is 3.65. The summed E-state index contributed by atoms with van der Waals surface area (Å²) in [5.41, 5.74) is 1.99. The maximum Gasteiger partial charge on any atom is 0.175 e. The third-order valence-corrected chi connectivity index (χ3v) is 4.43. The molecule has 1 N–H and O–H groups in total. The van der Waals surface area contributed by atoms with Gasteiger partial charge in [0.15, 0.2) is 9.84 Å². The molecule has 1 aliphatic heterocycles. The van der Waals surface area contributed by atoms with E-state index >= 15 is 0 Å². The van der Waals surface area contributed by atoms with E-state index in [9.17, 15) is 8.42 Å². The van der Waals surface area contributed by atoms with Crippen molar-refractivity contribution in [1.82, 2.24) is 4.98 Å². The lowest BCUT2D eigenvalue weighted by Crippen LogP contribution is -1.95. The van der Waals surface area contributed by atoms with Crippen LogP contribution in [0.1, 0.15) is 24.6 Å². The van der Waals surface area contributed by atoms with Gasteiger partial charge in [0.2, 0.25) is 0 Å². The maximum absolute atomic E-state index is 11.5. The van der Waals surface area contributed by atoms with Crippen LogP contribution in [-0.4, -0.2) is 26.3 Å². The Morgan fingerprint density at radius 2 is 2.17 bits per heavy atom. The summed E-state index contributed by atoms with van der Waals surface area (Å²) < 4.78 is 28.6. The minimum Gasteiger partial charge on any atom is -0.372 e. The first-order valence-electron chi connectivity index (χ1n) is 5.98. The Kier molecular flexibility index (Phi) is 2.68. The normalized spacial score (nSPS) is 20.6. The molecule has 0 radical (unpaired) electrons. The number of ether oxygens (including phenoxy) is 1. The van der Waals surface area contributed by atoms with Crippen LogP contribution in [0.4, 0.5) is 0 Å². The largest absolute Gasteiger partial charge is 0.372 e. The molecule has 1 aromatic heterocycles. The van der Waals surface area contributed by atoms with Crippen LogP contribution in [0, 0.1) is 0 Å². The molecule has 1 fully saturated rings. The van der Waals surface area contributed by atoms with E-state index in [2.05, 4.69) is 4.98 Å². The van der Waals surface area contributed by atoms with Crippen LogP contribution in [0.15, 0.2) is 29.2 Å². The molecule has 1 saturated heterocycles. The van der Waals surface area contributed by atoms with Crippen LogP contribution in [0.25, 0.3) is 10.9 Å². The molecule has 3 rings (SSSR count).